The van der Waals surface area contributed by atoms with Gasteiger partial charge in [0.15, 0.2) is 0 Å². The first-order valence-corrected chi connectivity index (χ1v) is 9.28. The Morgan fingerprint density at radius 2 is 1.29 bits per heavy atom. The molecule has 3 nitrogen and oxygen atoms in total. The zero-order valence-corrected chi connectivity index (χ0v) is 15.7. The van der Waals surface area contributed by atoms with E-state index in [2.05, 4.69) is 42.6 Å². The summed E-state index contributed by atoms with van der Waals surface area (Å²) in [5, 5.41) is 0. The summed E-state index contributed by atoms with van der Waals surface area (Å²) in [7, 11) is 4.45. The number of hydrogen-bond donors (Lipinski definition) is 0. The second-order valence-electron chi connectivity index (χ2n) is 6.25. The van der Waals surface area contributed by atoms with Crippen LogP contribution in [0.3, 0.4) is 0 Å². The van der Waals surface area contributed by atoms with Gasteiger partial charge in [-0.2, -0.15) is 0 Å². The standard InChI is InChI=1S/C10H21N3.C6H14.C2H6/c1-11-5-7-13(8-6-11)10-3-4-12(2)9-10;1-3-5-6-4-2;1-2/h10H,3-9H2,1-2H3;3-6H2,1-2H3;1-2H3. The summed E-state index contributed by atoms with van der Waals surface area (Å²) in [5.74, 6) is 0. The van der Waals surface area contributed by atoms with E-state index in [9.17, 15) is 0 Å². The number of likely N-dealkylation sites (tertiary alicyclic amines) is 1. The van der Waals surface area contributed by atoms with Gasteiger partial charge in [0.1, 0.15) is 0 Å². The van der Waals surface area contributed by atoms with Gasteiger partial charge >= 0.3 is 0 Å². The fourth-order valence-electron chi connectivity index (χ4n) is 2.90. The van der Waals surface area contributed by atoms with E-state index in [0.717, 1.165) is 6.04 Å². The molecule has 128 valence electrons. The van der Waals surface area contributed by atoms with Gasteiger partial charge in [-0.05, 0) is 27.1 Å². The lowest BCUT2D eigenvalue weighted by atomic mass is 10.2. The molecular weight excluding hydrogens is 258 g/mol. The zero-order valence-electron chi connectivity index (χ0n) is 15.7. The second kappa shape index (κ2) is 13.5. The Labute approximate surface area is 134 Å². The van der Waals surface area contributed by atoms with Gasteiger partial charge < -0.3 is 9.80 Å². The van der Waals surface area contributed by atoms with Crippen LogP contribution in [0.15, 0.2) is 0 Å². The Morgan fingerprint density at radius 1 is 0.762 bits per heavy atom. The Bertz CT molecular complexity index is 209. The van der Waals surface area contributed by atoms with Gasteiger partial charge in [0.25, 0.3) is 0 Å². The molecule has 21 heavy (non-hydrogen) atoms. The van der Waals surface area contributed by atoms with Crippen LogP contribution in [-0.4, -0.2) is 74.1 Å². The molecule has 0 N–H and O–H groups in total. The molecule has 1 atom stereocenters. The number of hydrogen-bond acceptors (Lipinski definition) is 3. The van der Waals surface area contributed by atoms with Crippen LogP contribution in [-0.2, 0) is 0 Å². The molecule has 3 heteroatoms. The van der Waals surface area contributed by atoms with Crippen LogP contribution in [0, 0.1) is 0 Å². The van der Waals surface area contributed by atoms with Crippen molar-refractivity contribution in [3.63, 3.8) is 0 Å². The van der Waals surface area contributed by atoms with Crippen LogP contribution in [0.1, 0.15) is 59.8 Å². The van der Waals surface area contributed by atoms with E-state index < -0.39 is 0 Å². The summed E-state index contributed by atoms with van der Waals surface area (Å²) in [6, 6.07) is 0.846. The van der Waals surface area contributed by atoms with E-state index in [1.165, 1.54) is 71.4 Å². The topological polar surface area (TPSA) is 9.72 Å². The molecule has 0 spiro atoms. The largest absolute Gasteiger partial charge is 0.305 e. The third-order valence-corrected chi connectivity index (χ3v) is 4.38. The SMILES string of the molecule is CC.CCCCCC.CN1CCN(C2CCN(C)C2)CC1. The van der Waals surface area contributed by atoms with Crippen molar-refractivity contribution in [3.05, 3.63) is 0 Å². The van der Waals surface area contributed by atoms with E-state index >= 15 is 0 Å². The molecule has 0 aromatic carbocycles. The zero-order chi connectivity index (χ0) is 16.1. The van der Waals surface area contributed by atoms with Gasteiger partial charge in [-0.3, -0.25) is 4.90 Å². The van der Waals surface area contributed by atoms with E-state index in [1.807, 2.05) is 13.8 Å². The van der Waals surface area contributed by atoms with Crippen molar-refractivity contribution < 1.29 is 0 Å². The first-order valence-electron chi connectivity index (χ1n) is 9.28. The van der Waals surface area contributed by atoms with Gasteiger partial charge in [-0.1, -0.05) is 53.4 Å². The average Bonchev–Trinajstić information content (AvgIpc) is 2.95. The first-order chi connectivity index (χ1) is 10.2. The Balaban J connectivity index is 0.000000427. The summed E-state index contributed by atoms with van der Waals surface area (Å²) in [6.45, 7) is 16.1. The number of piperazine rings is 1. The third-order valence-electron chi connectivity index (χ3n) is 4.38. The van der Waals surface area contributed by atoms with Crippen LogP contribution in [0.5, 0.6) is 0 Å². The van der Waals surface area contributed by atoms with E-state index in [0.29, 0.717) is 0 Å². The van der Waals surface area contributed by atoms with Crippen LogP contribution in [0.25, 0.3) is 0 Å². The summed E-state index contributed by atoms with van der Waals surface area (Å²) in [4.78, 5) is 7.54. The molecule has 2 saturated heterocycles. The monoisotopic (exact) mass is 299 g/mol. The average molecular weight is 300 g/mol. The lowest BCUT2D eigenvalue weighted by Crippen LogP contribution is -2.49. The minimum absolute atomic E-state index is 0.846. The maximum absolute atomic E-state index is 2.67. The molecule has 2 aliphatic heterocycles. The molecule has 0 saturated carbocycles. The van der Waals surface area contributed by atoms with Crippen LogP contribution >= 0.6 is 0 Å². The van der Waals surface area contributed by atoms with Crippen LogP contribution < -0.4 is 0 Å². The van der Waals surface area contributed by atoms with Crippen molar-refractivity contribution in [1.82, 2.24) is 14.7 Å². The highest BCUT2D eigenvalue weighted by Gasteiger charge is 2.27. The number of likely N-dealkylation sites (N-methyl/N-ethyl adjacent to an activating group) is 2. The van der Waals surface area contributed by atoms with E-state index in [-0.39, 0.29) is 0 Å². The molecule has 0 aromatic heterocycles. The van der Waals surface area contributed by atoms with Gasteiger partial charge in [0.05, 0.1) is 0 Å². The highest BCUT2D eigenvalue weighted by atomic mass is 15.3. The summed E-state index contributed by atoms with van der Waals surface area (Å²) in [5.41, 5.74) is 0. The minimum atomic E-state index is 0.846. The summed E-state index contributed by atoms with van der Waals surface area (Å²) >= 11 is 0. The summed E-state index contributed by atoms with van der Waals surface area (Å²) in [6.07, 6.45) is 6.91. The minimum Gasteiger partial charge on any atom is -0.305 e. The van der Waals surface area contributed by atoms with E-state index in [1.54, 1.807) is 0 Å². The normalized spacial score (nSPS) is 24.0. The highest BCUT2D eigenvalue weighted by Crippen LogP contribution is 2.15. The van der Waals surface area contributed by atoms with Crippen molar-refractivity contribution in [2.24, 2.45) is 0 Å². The third kappa shape index (κ3) is 9.49. The smallest absolute Gasteiger partial charge is 0.0236 e. The van der Waals surface area contributed by atoms with Crippen molar-refractivity contribution in [2.75, 3.05) is 53.4 Å². The van der Waals surface area contributed by atoms with Crippen molar-refractivity contribution in [1.29, 1.82) is 0 Å². The first kappa shape index (κ1) is 20.9. The highest BCUT2D eigenvalue weighted by molar-refractivity contribution is 4.84. The molecule has 1 unspecified atom stereocenters. The predicted molar refractivity (Wildman–Crippen MR) is 96.1 cm³/mol. The van der Waals surface area contributed by atoms with Crippen LogP contribution in [0.4, 0.5) is 0 Å². The molecular formula is C18H41N3. The van der Waals surface area contributed by atoms with Gasteiger partial charge in [0, 0.05) is 38.8 Å². The molecule has 0 aromatic rings. The molecule has 0 radical (unpaired) electrons. The molecule has 2 heterocycles. The van der Waals surface area contributed by atoms with Crippen molar-refractivity contribution >= 4 is 0 Å². The number of unbranched alkanes of at least 4 members (excludes halogenated alkanes) is 3. The molecule has 2 rings (SSSR count). The Hall–Kier alpha value is -0.120. The maximum atomic E-state index is 2.67. The predicted octanol–water partition coefficient (Wildman–Crippen LogP) is 3.55. The van der Waals surface area contributed by atoms with E-state index in [4.69, 9.17) is 0 Å². The summed E-state index contributed by atoms with van der Waals surface area (Å²) < 4.78 is 0. The van der Waals surface area contributed by atoms with Crippen molar-refractivity contribution in [3.8, 4) is 0 Å². The van der Waals surface area contributed by atoms with Gasteiger partial charge in [0.2, 0.25) is 0 Å². The Kier molecular flexibility index (Phi) is 13.5. The number of nitrogens with zero attached hydrogens (tertiary/aromatic N) is 3. The van der Waals surface area contributed by atoms with Gasteiger partial charge in [-0.25, -0.2) is 0 Å². The molecule has 0 bridgehead atoms. The number of rotatable bonds is 4. The molecule has 0 aliphatic carbocycles. The van der Waals surface area contributed by atoms with Crippen molar-refractivity contribution in [2.45, 2.75) is 65.8 Å². The lowest BCUT2D eigenvalue weighted by molar-refractivity contribution is 0.114. The fraction of sp³-hybridized carbons (Fsp3) is 1.00. The molecule has 2 fully saturated rings. The molecule has 2 aliphatic rings. The molecule has 0 amide bonds. The Morgan fingerprint density at radius 3 is 1.67 bits per heavy atom. The van der Waals surface area contributed by atoms with Gasteiger partial charge in [-0.15, -0.1) is 0 Å². The lowest BCUT2D eigenvalue weighted by Gasteiger charge is -2.36. The fourth-order valence-corrected chi connectivity index (χ4v) is 2.90. The second-order valence-corrected chi connectivity index (χ2v) is 6.25. The quantitative estimate of drug-likeness (QED) is 0.735. The maximum Gasteiger partial charge on any atom is 0.0236 e. The van der Waals surface area contributed by atoms with Crippen LogP contribution in [0.2, 0.25) is 0 Å².